The van der Waals surface area contributed by atoms with Gasteiger partial charge < -0.3 is 15.2 Å². The monoisotopic (exact) mass is 278 g/mol. The Morgan fingerprint density at radius 1 is 1.40 bits per heavy atom. The van der Waals surface area contributed by atoms with Crippen LogP contribution < -0.4 is 5.32 Å². The average molecular weight is 278 g/mol. The highest BCUT2D eigenvalue weighted by molar-refractivity contribution is 5.15. The van der Waals surface area contributed by atoms with Gasteiger partial charge in [0.25, 0.3) is 0 Å². The molecule has 3 unspecified atom stereocenters. The molecule has 0 bridgehead atoms. The highest BCUT2D eigenvalue weighted by atomic mass is 16.5. The summed E-state index contributed by atoms with van der Waals surface area (Å²) in [5.41, 5.74) is 1.30. The van der Waals surface area contributed by atoms with Crippen molar-refractivity contribution in [1.29, 1.82) is 0 Å². The molecule has 0 spiro atoms. The van der Waals surface area contributed by atoms with E-state index >= 15 is 0 Å². The second-order valence-corrected chi connectivity index (χ2v) is 5.72. The minimum Gasteiger partial charge on any atom is -0.392 e. The summed E-state index contributed by atoms with van der Waals surface area (Å²) >= 11 is 0. The van der Waals surface area contributed by atoms with Gasteiger partial charge in [-0.15, -0.1) is 0 Å². The van der Waals surface area contributed by atoms with Crippen LogP contribution in [0.25, 0.3) is 0 Å². The van der Waals surface area contributed by atoms with Gasteiger partial charge in [-0.2, -0.15) is 0 Å². The summed E-state index contributed by atoms with van der Waals surface area (Å²) in [6.45, 7) is 5.40. The topological polar surface area (TPSA) is 44.7 Å². The van der Waals surface area contributed by atoms with Gasteiger partial charge in [0.05, 0.1) is 12.7 Å². The molecule has 20 heavy (non-hydrogen) atoms. The van der Waals surface area contributed by atoms with Crippen molar-refractivity contribution in [2.45, 2.75) is 38.1 Å². The van der Waals surface area contributed by atoms with Gasteiger partial charge in [-0.3, -0.25) is 4.90 Å². The van der Waals surface area contributed by atoms with Crippen LogP contribution in [0.5, 0.6) is 0 Å². The van der Waals surface area contributed by atoms with Crippen molar-refractivity contribution in [3.63, 3.8) is 0 Å². The van der Waals surface area contributed by atoms with E-state index in [4.69, 9.17) is 4.74 Å². The van der Waals surface area contributed by atoms with Gasteiger partial charge in [-0.25, -0.2) is 0 Å². The van der Waals surface area contributed by atoms with Gasteiger partial charge >= 0.3 is 0 Å². The van der Waals surface area contributed by atoms with E-state index in [0.717, 1.165) is 26.1 Å². The van der Waals surface area contributed by atoms with Crippen LogP contribution in [0, 0.1) is 0 Å². The standard InChI is InChI=1S/C16H26N2O2/c1-13(12-20-2)17-9-15-8-16(19)11-18(15)10-14-6-4-3-5-7-14/h3-7,13,15-17,19H,8-12H2,1-2H3. The molecule has 1 heterocycles. The fourth-order valence-electron chi connectivity index (χ4n) is 2.83. The van der Waals surface area contributed by atoms with Crippen molar-refractivity contribution >= 4 is 0 Å². The normalized spacial score (nSPS) is 24.9. The van der Waals surface area contributed by atoms with Crippen LogP contribution in [-0.4, -0.2) is 55.0 Å². The number of hydrogen-bond donors (Lipinski definition) is 2. The SMILES string of the molecule is COCC(C)NCC1CC(O)CN1Cc1ccccc1. The smallest absolute Gasteiger partial charge is 0.0682 e. The van der Waals surface area contributed by atoms with Gasteiger partial charge in [0.2, 0.25) is 0 Å². The summed E-state index contributed by atoms with van der Waals surface area (Å²) in [6.07, 6.45) is 0.641. The molecule has 1 aliphatic rings. The molecule has 2 rings (SSSR count). The van der Waals surface area contributed by atoms with Gasteiger partial charge in [-0.1, -0.05) is 30.3 Å². The van der Waals surface area contributed by atoms with Crippen LogP contribution in [0.3, 0.4) is 0 Å². The third kappa shape index (κ3) is 4.56. The van der Waals surface area contributed by atoms with E-state index < -0.39 is 0 Å². The lowest BCUT2D eigenvalue weighted by Gasteiger charge is -2.26. The van der Waals surface area contributed by atoms with E-state index in [-0.39, 0.29) is 6.10 Å². The molecular weight excluding hydrogens is 252 g/mol. The number of benzene rings is 1. The van der Waals surface area contributed by atoms with Crippen molar-refractivity contribution in [3.05, 3.63) is 35.9 Å². The number of aliphatic hydroxyl groups excluding tert-OH is 1. The Labute approximate surface area is 121 Å². The molecule has 112 valence electrons. The Kier molecular flexibility index (Phi) is 5.98. The molecule has 0 radical (unpaired) electrons. The zero-order valence-electron chi connectivity index (χ0n) is 12.5. The Hall–Kier alpha value is -0.940. The molecule has 2 N–H and O–H groups in total. The first-order chi connectivity index (χ1) is 9.69. The molecule has 0 aliphatic carbocycles. The van der Waals surface area contributed by atoms with Gasteiger partial charge in [-0.05, 0) is 18.9 Å². The van der Waals surface area contributed by atoms with E-state index in [1.807, 2.05) is 6.07 Å². The second-order valence-electron chi connectivity index (χ2n) is 5.72. The fourth-order valence-corrected chi connectivity index (χ4v) is 2.83. The van der Waals surface area contributed by atoms with Crippen LogP contribution in [0.4, 0.5) is 0 Å². The molecular formula is C16H26N2O2. The number of nitrogens with one attached hydrogen (secondary N) is 1. The Morgan fingerprint density at radius 3 is 2.85 bits per heavy atom. The molecule has 0 aromatic heterocycles. The van der Waals surface area contributed by atoms with Gasteiger partial charge in [0.15, 0.2) is 0 Å². The average Bonchev–Trinajstić information content (AvgIpc) is 2.78. The maximum Gasteiger partial charge on any atom is 0.0682 e. The van der Waals surface area contributed by atoms with Crippen LogP contribution in [0.15, 0.2) is 30.3 Å². The van der Waals surface area contributed by atoms with Crippen LogP contribution >= 0.6 is 0 Å². The van der Waals surface area contributed by atoms with Crippen LogP contribution in [0.1, 0.15) is 18.9 Å². The first-order valence-electron chi connectivity index (χ1n) is 7.37. The molecule has 1 aliphatic heterocycles. The molecule has 1 saturated heterocycles. The lowest BCUT2D eigenvalue weighted by Crippen LogP contribution is -2.42. The second kappa shape index (κ2) is 7.74. The Morgan fingerprint density at radius 2 is 2.15 bits per heavy atom. The van der Waals surface area contributed by atoms with E-state index in [0.29, 0.717) is 18.7 Å². The summed E-state index contributed by atoms with van der Waals surface area (Å²) in [7, 11) is 1.72. The minimum atomic E-state index is -0.205. The molecule has 3 atom stereocenters. The zero-order valence-corrected chi connectivity index (χ0v) is 12.5. The fraction of sp³-hybridized carbons (Fsp3) is 0.625. The van der Waals surface area contributed by atoms with Crippen molar-refractivity contribution in [2.24, 2.45) is 0 Å². The molecule has 0 amide bonds. The number of hydrogen-bond acceptors (Lipinski definition) is 4. The summed E-state index contributed by atoms with van der Waals surface area (Å²) in [5, 5.41) is 13.4. The number of aliphatic hydroxyl groups is 1. The molecule has 1 fully saturated rings. The van der Waals surface area contributed by atoms with Gasteiger partial charge in [0.1, 0.15) is 0 Å². The maximum atomic E-state index is 9.92. The van der Waals surface area contributed by atoms with Crippen LogP contribution in [-0.2, 0) is 11.3 Å². The maximum absolute atomic E-state index is 9.92. The number of β-amino-alcohol motifs (C(OH)–C–C–N with tert-alkyl or cyclic N) is 1. The van der Waals surface area contributed by atoms with E-state index in [2.05, 4.69) is 41.4 Å². The minimum absolute atomic E-state index is 0.205. The highest BCUT2D eigenvalue weighted by Gasteiger charge is 2.30. The van der Waals surface area contributed by atoms with Crippen molar-refractivity contribution in [2.75, 3.05) is 26.8 Å². The first-order valence-corrected chi connectivity index (χ1v) is 7.37. The number of methoxy groups -OCH3 is 1. The lowest BCUT2D eigenvalue weighted by molar-refractivity contribution is 0.161. The molecule has 1 aromatic rings. The number of ether oxygens (including phenoxy) is 1. The Bertz CT molecular complexity index is 385. The molecule has 4 heteroatoms. The predicted octanol–water partition coefficient (Wildman–Crippen LogP) is 1.25. The van der Waals surface area contributed by atoms with Crippen molar-refractivity contribution in [1.82, 2.24) is 10.2 Å². The summed E-state index contributed by atoms with van der Waals surface area (Å²) in [4.78, 5) is 2.37. The number of rotatable bonds is 7. The quantitative estimate of drug-likeness (QED) is 0.788. The van der Waals surface area contributed by atoms with E-state index in [9.17, 15) is 5.11 Å². The molecule has 1 aromatic carbocycles. The van der Waals surface area contributed by atoms with E-state index in [1.54, 1.807) is 7.11 Å². The van der Waals surface area contributed by atoms with Crippen molar-refractivity contribution in [3.8, 4) is 0 Å². The summed E-state index contributed by atoms with van der Waals surface area (Å²) in [6, 6.07) is 11.2. The number of nitrogens with zero attached hydrogens (tertiary/aromatic N) is 1. The zero-order chi connectivity index (χ0) is 14.4. The molecule has 0 saturated carbocycles. The van der Waals surface area contributed by atoms with E-state index in [1.165, 1.54) is 5.56 Å². The third-order valence-electron chi connectivity index (χ3n) is 3.85. The van der Waals surface area contributed by atoms with Crippen LogP contribution in [0.2, 0.25) is 0 Å². The van der Waals surface area contributed by atoms with Crippen molar-refractivity contribution < 1.29 is 9.84 Å². The lowest BCUT2D eigenvalue weighted by atomic mass is 10.1. The largest absolute Gasteiger partial charge is 0.392 e. The first kappa shape index (κ1) is 15.4. The Balaban J connectivity index is 1.86. The molecule has 4 nitrogen and oxygen atoms in total. The summed E-state index contributed by atoms with van der Waals surface area (Å²) < 4.78 is 5.14. The van der Waals surface area contributed by atoms with Gasteiger partial charge in [0, 0.05) is 38.8 Å². The summed E-state index contributed by atoms with van der Waals surface area (Å²) in [5.74, 6) is 0. The predicted molar refractivity (Wildman–Crippen MR) is 80.6 cm³/mol. The third-order valence-corrected chi connectivity index (χ3v) is 3.85. The number of likely N-dealkylation sites (tertiary alicyclic amines) is 1. The highest BCUT2D eigenvalue weighted by Crippen LogP contribution is 2.20.